The molecule has 0 spiro atoms. The van der Waals surface area contributed by atoms with E-state index in [1.165, 1.54) is 19.1 Å². The van der Waals surface area contributed by atoms with Crippen LogP contribution in [0.4, 0.5) is 4.79 Å². The predicted octanol–water partition coefficient (Wildman–Crippen LogP) is 3.21. The number of carbonyl (C=O) groups excluding carboxylic acids is 4. The molecule has 334 valence electrons. The van der Waals surface area contributed by atoms with Gasteiger partial charge in [0, 0.05) is 89.6 Å². The molecule has 5 amide bonds. The Morgan fingerprint density at radius 3 is 1.98 bits per heavy atom. The quantitative estimate of drug-likeness (QED) is 0.139. The van der Waals surface area contributed by atoms with Crippen LogP contribution in [0.2, 0.25) is 0 Å². The lowest BCUT2D eigenvalue weighted by Crippen LogP contribution is -2.56. The van der Waals surface area contributed by atoms with Crippen LogP contribution < -0.4 is 5.32 Å². The van der Waals surface area contributed by atoms with Crippen LogP contribution in [0.1, 0.15) is 65.9 Å². The molecule has 16 nitrogen and oxygen atoms in total. The molecule has 1 saturated heterocycles. The maximum atomic E-state index is 14.3. The van der Waals surface area contributed by atoms with E-state index < -0.39 is 54.3 Å². The summed E-state index contributed by atoms with van der Waals surface area (Å²) in [6.45, 7) is 10.5. The third-order valence-corrected chi connectivity index (χ3v) is 11.6. The van der Waals surface area contributed by atoms with Crippen molar-refractivity contribution in [1.82, 2.24) is 34.7 Å². The molecular weight excluding hydrogens is 757 g/mol. The number of carboxylic acid groups (broad SMARTS) is 1. The molecule has 0 bridgehead atoms. The molecule has 8 atom stereocenters. The van der Waals surface area contributed by atoms with Gasteiger partial charge >= 0.3 is 6.09 Å². The minimum absolute atomic E-state index is 0.00542. The first-order chi connectivity index (χ1) is 27.7. The maximum absolute atomic E-state index is 14.3. The minimum atomic E-state index is -1.10. The standard InChI is InChI=1S/C43H74N8O8/c1-15-29(4)37(50(12)41(55)36(28(2)3)45-42(46(6)7)47(8)9)34(58-13)27-35(52)51-23-19-22-33(51)38(59-14)30(5)39(53)44-32(26-31-20-17-16-18-21-31)40(54)48(10)24-25-49(11)43(56)57/h16-18,20-21,28-30,32-34,36-38H,15,19,22-27H2,1-14H3,(H,44,53)(H,56,57)/t29-,30+,32-,33-,34+,36-,37-,38+/m0/s1. The Morgan fingerprint density at radius 1 is 0.881 bits per heavy atom. The van der Waals surface area contributed by atoms with Crippen molar-refractivity contribution in [3.8, 4) is 0 Å². The summed E-state index contributed by atoms with van der Waals surface area (Å²) >= 11 is 0. The molecule has 0 saturated carbocycles. The second-order valence-corrected chi connectivity index (χ2v) is 16.7. The molecule has 1 aliphatic rings. The summed E-state index contributed by atoms with van der Waals surface area (Å²) in [7, 11) is 15.4. The summed E-state index contributed by atoms with van der Waals surface area (Å²) in [6.07, 6.45) is -0.0730. The molecule has 1 fully saturated rings. The van der Waals surface area contributed by atoms with E-state index in [1.54, 1.807) is 37.9 Å². The molecule has 2 rings (SSSR count). The molecule has 0 unspecified atom stereocenters. The number of nitrogens with zero attached hydrogens (tertiary/aromatic N) is 7. The predicted molar refractivity (Wildman–Crippen MR) is 230 cm³/mol. The molecule has 1 heterocycles. The van der Waals surface area contributed by atoms with Crippen LogP contribution in [0.15, 0.2) is 35.3 Å². The largest absolute Gasteiger partial charge is 0.465 e. The number of rotatable bonds is 21. The molecule has 0 aromatic heterocycles. The first kappa shape index (κ1) is 50.7. The van der Waals surface area contributed by atoms with Crippen LogP contribution in [0, 0.1) is 17.8 Å². The van der Waals surface area contributed by atoms with Crippen molar-refractivity contribution < 1.29 is 38.6 Å². The van der Waals surface area contributed by atoms with E-state index in [-0.39, 0.29) is 55.5 Å². The van der Waals surface area contributed by atoms with Crippen LogP contribution in [-0.2, 0) is 35.1 Å². The highest BCUT2D eigenvalue weighted by molar-refractivity contribution is 5.89. The Hall–Kier alpha value is -4.44. The molecule has 0 aliphatic carbocycles. The lowest BCUT2D eigenvalue weighted by atomic mass is 9.89. The van der Waals surface area contributed by atoms with Gasteiger partial charge in [-0.3, -0.25) is 19.2 Å². The Bertz CT molecular complexity index is 1530. The zero-order chi connectivity index (χ0) is 44.7. The van der Waals surface area contributed by atoms with Gasteiger partial charge in [0.05, 0.1) is 36.6 Å². The van der Waals surface area contributed by atoms with Gasteiger partial charge in [-0.1, -0.05) is 71.4 Å². The number of benzene rings is 1. The number of hydrogen-bond acceptors (Lipinski definition) is 8. The van der Waals surface area contributed by atoms with E-state index in [0.717, 1.165) is 16.9 Å². The summed E-state index contributed by atoms with van der Waals surface area (Å²) in [5.41, 5.74) is 0.848. The van der Waals surface area contributed by atoms with E-state index in [0.29, 0.717) is 25.3 Å². The number of methoxy groups -OCH3 is 2. The van der Waals surface area contributed by atoms with E-state index in [1.807, 2.05) is 82.2 Å². The number of carbonyl (C=O) groups is 5. The van der Waals surface area contributed by atoms with Crippen molar-refractivity contribution in [2.75, 3.05) is 83.2 Å². The van der Waals surface area contributed by atoms with Gasteiger partial charge in [-0.25, -0.2) is 9.79 Å². The molecule has 0 radical (unpaired) electrons. The third kappa shape index (κ3) is 14.1. The highest BCUT2D eigenvalue weighted by Gasteiger charge is 2.43. The number of ether oxygens (including phenoxy) is 2. The molecule has 1 aromatic carbocycles. The Kier molecular flexibility index (Phi) is 20.6. The molecule has 16 heteroatoms. The summed E-state index contributed by atoms with van der Waals surface area (Å²) in [5, 5.41) is 12.2. The molecular formula is C43H74N8O8. The zero-order valence-corrected chi connectivity index (χ0v) is 38.2. The smallest absolute Gasteiger partial charge is 0.407 e. The fourth-order valence-electron chi connectivity index (χ4n) is 7.88. The van der Waals surface area contributed by atoms with Crippen molar-refractivity contribution in [1.29, 1.82) is 0 Å². The van der Waals surface area contributed by atoms with Gasteiger partial charge in [0.25, 0.3) is 0 Å². The van der Waals surface area contributed by atoms with Gasteiger partial charge in [-0.2, -0.15) is 0 Å². The van der Waals surface area contributed by atoms with Crippen LogP contribution in [0.5, 0.6) is 0 Å². The number of amides is 5. The van der Waals surface area contributed by atoms with Crippen molar-refractivity contribution in [2.24, 2.45) is 22.7 Å². The molecule has 1 aliphatic heterocycles. The number of likely N-dealkylation sites (tertiary alicyclic amines) is 1. The number of hydrogen-bond donors (Lipinski definition) is 2. The van der Waals surface area contributed by atoms with Gasteiger partial charge in [0.2, 0.25) is 23.6 Å². The third-order valence-electron chi connectivity index (χ3n) is 11.6. The number of guanidine groups is 1. The number of likely N-dealkylation sites (N-methyl/N-ethyl adjacent to an activating group) is 3. The SMILES string of the molecule is CC[C@H](C)[C@@H]([C@@H](CC(=O)N1CCC[C@H]1[C@H](OC)[C@@H](C)C(=O)N[C@@H](Cc1ccccc1)C(=O)N(C)CCN(C)C(=O)O)OC)N(C)C(=O)[C@@H](N=C(N(C)C)N(C)C)C(C)C. The van der Waals surface area contributed by atoms with Crippen LogP contribution in [0.25, 0.3) is 0 Å². The lowest BCUT2D eigenvalue weighted by Gasteiger charge is -2.40. The summed E-state index contributed by atoms with van der Waals surface area (Å²) in [4.78, 5) is 82.4. The van der Waals surface area contributed by atoms with E-state index >= 15 is 0 Å². The van der Waals surface area contributed by atoms with Crippen molar-refractivity contribution in [3.05, 3.63) is 35.9 Å². The topological polar surface area (TPSA) is 168 Å². The van der Waals surface area contributed by atoms with Crippen LogP contribution >= 0.6 is 0 Å². The van der Waals surface area contributed by atoms with Crippen LogP contribution in [0.3, 0.4) is 0 Å². The minimum Gasteiger partial charge on any atom is -0.465 e. The molecule has 2 N–H and O–H groups in total. The monoisotopic (exact) mass is 831 g/mol. The maximum Gasteiger partial charge on any atom is 0.407 e. The van der Waals surface area contributed by atoms with Crippen molar-refractivity contribution >= 4 is 35.7 Å². The van der Waals surface area contributed by atoms with Gasteiger partial charge in [-0.15, -0.1) is 0 Å². The van der Waals surface area contributed by atoms with Gasteiger partial charge < -0.3 is 49.3 Å². The first-order valence-corrected chi connectivity index (χ1v) is 20.8. The Balaban J connectivity index is 2.34. The highest BCUT2D eigenvalue weighted by Crippen LogP contribution is 2.30. The second-order valence-electron chi connectivity index (χ2n) is 16.7. The van der Waals surface area contributed by atoms with Gasteiger partial charge in [-0.05, 0) is 30.2 Å². The fourth-order valence-corrected chi connectivity index (χ4v) is 7.88. The van der Waals surface area contributed by atoms with E-state index in [2.05, 4.69) is 19.2 Å². The number of aliphatic imine (C=N–C) groups is 1. The van der Waals surface area contributed by atoms with Gasteiger partial charge in [0.1, 0.15) is 12.1 Å². The van der Waals surface area contributed by atoms with Crippen molar-refractivity contribution in [3.63, 3.8) is 0 Å². The first-order valence-electron chi connectivity index (χ1n) is 20.8. The average Bonchev–Trinajstić information content (AvgIpc) is 3.68. The van der Waals surface area contributed by atoms with E-state index in [4.69, 9.17) is 14.5 Å². The Labute approximate surface area is 353 Å². The Morgan fingerprint density at radius 2 is 1.47 bits per heavy atom. The lowest BCUT2D eigenvalue weighted by molar-refractivity contribution is -0.147. The average molecular weight is 831 g/mol. The van der Waals surface area contributed by atoms with E-state index in [9.17, 15) is 29.1 Å². The highest BCUT2D eigenvalue weighted by atomic mass is 16.5. The second kappa shape index (κ2) is 24.0. The summed E-state index contributed by atoms with van der Waals surface area (Å²) < 4.78 is 12.1. The molecule has 1 aromatic rings. The number of nitrogens with one attached hydrogen (secondary N) is 1. The van der Waals surface area contributed by atoms with Crippen LogP contribution in [-0.4, -0.2) is 190 Å². The van der Waals surface area contributed by atoms with Gasteiger partial charge in [0.15, 0.2) is 5.96 Å². The normalized spacial score (nSPS) is 17.5. The molecule has 59 heavy (non-hydrogen) atoms. The summed E-state index contributed by atoms with van der Waals surface area (Å²) in [5.74, 6) is -1.23. The van der Waals surface area contributed by atoms with Crippen molar-refractivity contribution in [2.45, 2.75) is 103 Å². The zero-order valence-electron chi connectivity index (χ0n) is 38.2. The fraction of sp³-hybridized carbons (Fsp3) is 0.721. The summed E-state index contributed by atoms with van der Waals surface area (Å²) in [6, 6.07) is 6.93.